The smallest absolute Gasteiger partial charge is 0.253 e. The SMILES string of the molecule is COc1cc(C(=O)N[C@@H](NC(=S)Nc2c(Br)cc(C)cc2Br)C(Cl)(Cl)Cl)cc(OC)c1OC. The molecule has 2 aromatic rings. The van der Waals surface area contributed by atoms with Gasteiger partial charge in [-0.1, -0.05) is 34.8 Å². The number of ether oxygens (including phenoxy) is 3. The molecular weight excluding hydrogens is 644 g/mol. The molecule has 0 saturated carbocycles. The summed E-state index contributed by atoms with van der Waals surface area (Å²) in [6, 6.07) is 6.77. The number of rotatable bonds is 7. The van der Waals surface area contributed by atoms with Crippen molar-refractivity contribution in [3.8, 4) is 17.2 Å². The van der Waals surface area contributed by atoms with Gasteiger partial charge in [0.1, 0.15) is 6.17 Å². The molecular formula is C20H20Br2Cl3N3O4S. The molecule has 0 aromatic heterocycles. The number of thiocarbonyl (C=S) groups is 1. The van der Waals surface area contributed by atoms with Crippen LogP contribution in [-0.4, -0.2) is 42.3 Å². The van der Waals surface area contributed by atoms with Crippen molar-refractivity contribution < 1.29 is 19.0 Å². The molecule has 0 aliphatic rings. The van der Waals surface area contributed by atoms with Gasteiger partial charge in [-0.3, -0.25) is 4.79 Å². The van der Waals surface area contributed by atoms with Crippen LogP contribution >= 0.6 is 78.9 Å². The molecule has 180 valence electrons. The highest BCUT2D eigenvalue weighted by atomic mass is 79.9. The van der Waals surface area contributed by atoms with Gasteiger partial charge in [-0.05, 0) is 80.8 Å². The number of halogens is 5. The lowest BCUT2D eigenvalue weighted by Crippen LogP contribution is -2.56. The van der Waals surface area contributed by atoms with Crippen LogP contribution in [0.4, 0.5) is 5.69 Å². The summed E-state index contributed by atoms with van der Waals surface area (Å²) in [7, 11) is 4.34. The Morgan fingerprint density at radius 2 is 1.48 bits per heavy atom. The standard InChI is InChI=1S/C20H20Br2Cl3N3O4S/c1-9-5-11(21)15(12(22)6-9)26-19(33)28-18(20(23,24)25)27-17(29)10-7-13(30-2)16(32-4)14(8-10)31-3/h5-8,18H,1-4H3,(H,27,29)(H2,26,28,33)/t18-/m0/s1. The van der Waals surface area contributed by atoms with E-state index in [0.717, 1.165) is 14.5 Å². The van der Waals surface area contributed by atoms with Crippen LogP contribution in [0.1, 0.15) is 15.9 Å². The molecule has 1 atom stereocenters. The first-order valence-electron chi connectivity index (χ1n) is 9.12. The Labute approximate surface area is 229 Å². The average Bonchev–Trinajstić information content (AvgIpc) is 2.73. The van der Waals surface area contributed by atoms with Crippen LogP contribution in [0.2, 0.25) is 0 Å². The fourth-order valence-electron chi connectivity index (χ4n) is 2.73. The maximum Gasteiger partial charge on any atom is 0.253 e. The van der Waals surface area contributed by atoms with Gasteiger partial charge in [0.2, 0.25) is 9.54 Å². The van der Waals surface area contributed by atoms with E-state index >= 15 is 0 Å². The van der Waals surface area contributed by atoms with Crippen molar-refractivity contribution in [2.45, 2.75) is 16.9 Å². The minimum Gasteiger partial charge on any atom is -0.493 e. The number of carbonyl (C=O) groups excluding carboxylic acids is 1. The maximum atomic E-state index is 13.0. The van der Waals surface area contributed by atoms with E-state index in [4.69, 9.17) is 61.2 Å². The zero-order valence-electron chi connectivity index (χ0n) is 17.8. The number of benzene rings is 2. The first-order chi connectivity index (χ1) is 15.4. The molecule has 13 heteroatoms. The molecule has 0 aliphatic heterocycles. The summed E-state index contributed by atoms with van der Waals surface area (Å²) in [6.45, 7) is 1.95. The monoisotopic (exact) mass is 661 g/mol. The van der Waals surface area contributed by atoms with Gasteiger partial charge in [-0.15, -0.1) is 0 Å². The Hall–Kier alpha value is -1.17. The number of methoxy groups -OCH3 is 3. The van der Waals surface area contributed by atoms with Crippen molar-refractivity contribution in [1.82, 2.24) is 10.6 Å². The lowest BCUT2D eigenvalue weighted by molar-refractivity contribution is 0.0933. The van der Waals surface area contributed by atoms with Gasteiger partial charge in [0.15, 0.2) is 16.6 Å². The van der Waals surface area contributed by atoms with Crippen molar-refractivity contribution >= 4 is 95.6 Å². The van der Waals surface area contributed by atoms with E-state index in [-0.39, 0.29) is 10.7 Å². The van der Waals surface area contributed by atoms with Gasteiger partial charge < -0.3 is 30.2 Å². The van der Waals surface area contributed by atoms with Crippen LogP contribution in [0.5, 0.6) is 17.2 Å². The summed E-state index contributed by atoms with van der Waals surface area (Å²) in [5, 5.41) is 8.57. The van der Waals surface area contributed by atoms with Crippen LogP contribution in [-0.2, 0) is 0 Å². The van der Waals surface area contributed by atoms with E-state index in [1.807, 2.05) is 19.1 Å². The highest BCUT2D eigenvalue weighted by Crippen LogP contribution is 2.38. The third-order valence-corrected chi connectivity index (χ3v) is 6.36. The number of nitrogens with one attached hydrogen (secondary N) is 3. The predicted octanol–water partition coefficient (Wildman–Crippen LogP) is 5.96. The van der Waals surface area contributed by atoms with Crippen LogP contribution in [0.15, 0.2) is 33.2 Å². The lowest BCUT2D eigenvalue weighted by atomic mass is 10.1. The second-order valence-corrected chi connectivity index (χ2v) is 11.0. The highest BCUT2D eigenvalue weighted by Gasteiger charge is 2.35. The molecule has 0 aliphatic carbocycles. The van der Waals surface area contributed by atoms with Gasteiger partial charge in [0.05, 0.1) is 27.0 Å². The van der Waals surface area contributed by atoms with Crippen LogP contribution in [0, 0.1) is 6.92 Å². The third-order valence-electron chi connectivity index (χ3n) is 4.23. The summed E-state index contributed by atoms with van der Waals surface area (Å²) in [5.41, 5.74) is 1.89. The largest absolute Gasteiger partial charge is 0.493 e. The Balaban J connectivity index is 2.25. The number of anilines is 1. The summed E-state index contributed by atoms with van der Waals surface area (Å²) in [4.78, 5) is 13.0. The lowest BCUT2D eigenvalue weighted by Gasteiger charge is -2.28. The van der Waals surface area contributed by atoms with E-state index in [2.05, 4.69) is 47.8 Å². The zero-order valence-corrected chi connectivity index (χ0v) is 24.1. The molecule has 33 heavy (non-hydrogen) atoms. The number of hydrogen-bond donors (Lipinski definition) is 3. The van der Waals surface area contributed by atoms with E-state index in [9.17, 15) is 4.79 Å². The molecule has 2 rings (SSSR count). The first-order valence-corrected chi connectivity index (χ1v) is 12.2. The Kier molecular flexibility index (Phi) is 10.2. The molecule has 0 heterocycles. The molecule has 2 aromatic carbocycles. The maximum absolute atomic E-state index is 13.0. The molecule has 3 N–H and O–H groups in total. The van der Waals surface area contributed by atoms with Crippen molar-refractivity contribution in [3.63, 3.8) is 0 Å². The fourth-order valence-corrected chi connectivity index (χ4v) is 4.89. The zero-order chi connectivity index (χ0) is 24.9. The molecule has 0 unspecified atom stereocenters. The van der Waals surface area contributed by atoms with Gasteiger partial charge in [0, 0.05) is 14.5 Å². The van der Waals surface area contributed by atoms with Crippen LogP contribution in [0.3, 0.4) is 0 Å². The van der Waals surface area contributed by atoms with Crippen molar-refractivity contribution in [2.24, 2.45) is 0 Å². The van der Waals surface area contributed by atoms with Gasteiger partial charge >= 0.3 is 0 Å². The highest BCUT2D eigenvalue weighted by molar-refractivity contribution is 9.11. The molecule has 0 spiro atoms. The molecule has 0 saturated heterocycles. The summed E-state index contributed by atoms with van der Waals surface area (Å²) in [6.07, 6.45) is -1.18. The van der Waals surface area contributed by atoms with E-state index in [1.165, 1.54) is 33.5 Å². The number of aryl methyl sites for hydroxylation is 1. The fraction of sp³-hybridized carbons (Fsp3) is 0.300. The second kappa shape index (κ2) is 12.0. The summed E-state index contributed by atoms with van der Waals surface area (Å²) < 4.78 is 15.4. The minimum atomic E-state index is -1.94. The van der Waals surface area contributed by atoms with Gasteiger partial charge in [-0.25, -0.2) is 0 Å². The third kappa shape index (κ3) is 7.40. The normalized spacial score (nSPS) is 11.9. The minimum absolute atomic E-state index is 0.113. The quantitative estimate of drug-likeness (QED) is 0.192. The first kappa shape index (κ1) is 28.1. The van der Waals surface area contributed by atoms with E-state index in [0.29, 0.717) is 22.9 Å². The number of carbonyl (C=O) groups is 1. The number of alkyl halides is 3. The van der Waals surface area contributed by atoms with E-state index < -0.39 is 15.9 Å². The van der Waals surface area contributed by atoms with Crippen LogP contribution < -0.4 is 30.2 Å². The second-order valence-electron chi connectivity index (χ2n) is 6.56. The molecule has 0 fully saturated rings. The van der Waals surface area contributed by atoms with Crippen molar-refractivity contribution in [1.29, 1.82) is 0 Å². The Morgan fingerprint density at radius 3 is 1.91 bits per heavy atom. The molecule has 0 bridgehead atoms. The predicted molar refractivity (Wildman–Crippen MR) is 144 cm³/mol. The van der Waals surface area contributed by atoms with Crippen molar-refractivity contribution in [3.05, 3.63) is 44.3 Å². The topological polar surface area (TPSA) is 80.9 Å². The molecule has 1 amide bonds. The van der Waals surface area contributed by atoms with Crippen molar-refractivity contribution in [2.75, 3.05) is 26.6 Å². The summed E-state index contributed by atoms with van der Waals surface area (Å²) >= 11 is 30.6. The van der Waals surface area contributed by atoms with E-state index in [1.54, 1.807) is 0 Å². The van der Waals surface area contributed by atoms with Crippen LogP contribution in [0.25, 0.3) is 0 Å². The van der Waals surface area contributed by atoms with Gasteiger partial charge in [-0.2, -0.15) is 0 Å². The number of amides is 1. The molecule has 7 nitrogen and oxygen atoms in total. The summed E-state index contributed by atoms with van der Waals surface area (Å²) in [5.74, 6) is 0.365. The Bertz CT molecular complexity index is 1010. The number of hydrogen-bond acceptors (Lipinski definition) is 5. The molecule has 0 radical (unpaired) electrons. The van der Waals surface area contributed by atoms with Gasteiger partial charge in [0.25, 0.3) is 5.91 Å². The average molecular weight is 665 g/mol. The Morgan fingerprint density at radius 1 is 0.970 bits per heavy atom.